The first-order valence-electron chi connectivity index (χ1n) is 6.27. The van der Waals surface area contributed by atoms with Crippen molar-refractivity contribution in [3.05, 3.63) is 29.6 Å². The number of aromatic nitrogens is 1. The molecule has 1 saturated heterocycles. The maximum atomic E-state index is 12.6. The van der Waals surface area contributed by atoms with Gasteiger partial charge in [-0.05, 0) is 11.4 Å². The number of aliphatic carboxylic acids is 1. The van der Waals surface area contributed by atoms with Crippen LogP contribution in [0, 0.1) is 0 Å². The van der Waals surface area contributed by atoms with Crippen LogP contribution in [0.3, 0.4) is 0 Å². The molecule has 3 rings (SSSR count). The Morgan fingerprint density at radius 3 is 3.05 bits per heavy atom. The summed E-state index contributed by atoms with van der Waals surface area (Å²) in [5, 5.41) is 11.1. The highest BCUT2D eigenvalue weighted by molar-refractivity contribution is 7.13. The summed E-state index contributed by atoms with van der Waals surface area (Å²) >= 11 is 1.42. The van der Waals surface area contributed by atoms with Gasteiger partial charge in [0.2, 0.25) is 0 Å². The van der Waals surface area contributed by atoms with Gasteiger partial charge in [-0.25, -0.2) is 9.78 Å². The Morgan fingerprint density at radius 1 is 1.48 bits per heavy atom. The fraction of sp³-hybridized carbons (Fsp3) is 0.308. The largest absolute Gasteiger partial charge is 0.480 e. The van der Waals surface area contributed by atoms with E-state index in [1.54, 1.807) is 0 Å². The molecular formula is C13H12N2O5S. The molecule has 1 aliphatic rings. The van der Waals surface area contributed by atoms with Gasteiger partial charge in [-0.3, -0.25) is 4.79 Å². The van der Waals surface area contributed by atoms with Crippen molar-refractivity contribution in [3.63, 3.8) is 0 Å². The molecule has 21 heavy (non-hydrogen) atoms. The molecule has 7 nitrogen and oxygen atoms in total. The fourth-order valence-corrected chi connectivity index (χ4v) is 2.88. The molecule has 1 aliphatic heterocycles. The van der Waals surface area contributed by atoms with E-state index in [2.05, 4.69) is 4.98 Å². The molecule has 0 aromatic carbocycles. The lowest BCUT2D eigenvalue weighted by Gasteiger charge is -2.32. The Morgan fingerprint density at radius 2 is 2.33 bits per heavy atom. The summed E-state index contributed by atoms with van der Waals surface area (Å²) in [6.45, 7) is 0.501. The highest BCUT2D eigenvalue weighted by Gasteiger charge is 2.35. The van der Waals surface area contributed by atoms with Gasteiger partial charge in [0.15, 0.2) is 23.9 Å². The number of carbonyl (C=O) groups is 2. The molecule has 2 aromatic heterocycles. The third-order valence-corrected chi connectivity index (χ3v) is 4.06. The van der Waals surface area contributed by atoms with Crippen molar-refractivity contribution >= 4 is 23.2 Å². The van der Waals surface area contributed by atoms with E-state index in [1.165, 1.54) is 22.6 Å². The Labute approximate surface area is 123 Å². The molecular weight excluding hydrogens is 296 g/mol. The molecule has 1 fully saturated rings. The number of thiophene rings is 1. The molecule has 1 unspecified atom stereocenters. The second kappa shape index (κ2) is 5.66. The number of rotatable bonds is 3. The normalized spacial score (nSPS) is 18.7. The van der Waals surface area contributed by atoms with Crippen molar-refractivity contribution in [1.29, 1.82) is 0 Å². The summed E-state index contributed by atoms with van der Waals surface area (Å²) in [5.41, 5.74) is 0.130. The standard InChI is InChI=1S/C13H12N2O5S/c16-12(15-3-4-19-6-8(15)13(17)18)10-11(20-7-14-10)9-2-1-5-21-9/h1-2,5,7-8H,3-4,6H2,(H,17,18). The molecule has 8 heteroatoms. The molecule has 2 aromatic rings. The van der Waals surface area contributed by atoms with Crippen molar-refractivity contribution in [2.75, 3.05) is 19.8 Å². The van der Waals surface area contributed by atoms with Gasteiger partial charge in [0, 0.05) is 6.54 Å². The van der Waals surface area contributed by atoms with E-state index in [1.807, 2.05) is 17.5 Å². The zero-order valence-corrected chi connectivity index (χ0v) is 11.7. The van der Waals surface area contributed by atoms with Gasteiger partial charge < -0.3 is 19.2 Å². The Hall–Kier alpha value is -2.19. The molecule has 1 atom stereocenters. The van der Waals surface area contributed by atoms with Crippen LogP contribution in [0.4, 0.5) is 0 Å². The molecule has 0 spiro atoms. The van der Waals surface area contributed by atoms with Gasteiger partial charge in [-0.2, -0.15) is 0 Å². The van der Waals surface area contributed by atoms with E-state index in [0.717, 1.165) is 4.88 Å². The van der Waals surface area contributed by atoms with Gasteiger partial charge in [-0.1, -0.05) is 6.07 Å². The first kappa shape index (κ1) is 13.8. The predicted molar refractivity (Wildman–Crippen MR) is 73.1 cm³/mol. The van der Waals surface area contributed by atoms with Crippen LogP contribution in [0.2, 0.25) is 0 Å². The first-order chi connectivity index (χ1) is 10.2. The average molecular weight is 308 g/mol. The highest BCUT2D eigenvalue weighted by Crippen LogP contribution is 2.28. The average Bonchev–Trinajstić information content (AvgIpc) is 3.16. The summed E-state index contributed by atoms with van der Waals surface area (Å²) in [5.74, 6) is -1.18. The lowest BCUT2D eigenvalue weighted by atomic mass is 10.2. The maximum absolute atomic E-state index is 12.6. The summed E-state index contributed by atoms with van der Waals surface area (Å²) in [4.78, 5) is 29.8. The Bertz CT molecular complexity index is 651. The van der Waals surface area contributed by atoms with Crippen LogP contribution in [0.15, 0.2) is 28.3 Å². The van der Waals surface area contributed by atoms with E-state index in [4.69, 9.17) is 9.15 Å². The number of oxazole rings is 1. The highest BCUT2D eigenvalue weighted by atomic mass is 32.1. The third kappa shape index (κ3) is 2.55. The van der Waals surface area contributed by atoms with Crippen LogP contribution >= 0.6 is 11.3 Å². The van der Waals surface area contributed by atoms with Crippen molar-refractivity contribution < 1.29 is 23.8 Å². The van der Waals surface area contributed by atoms with E-state index in [0.29, 0.717) is 12.4 Å². The first-order valence-corrected chi connectivity index (χ1v) is 7.15. The molecule has 110 valence electrons. The Balaban J connectivity index is 1.92. The van der Waals surface area contributed by atoms with Crippen molar-refractivity contribution in [1.82, 2.24) is 9.88 Å². The van der Waals surface area contributed by atoms with E-state index < -0.39 is 17.9 Å². The number of carbonyl (C=O) groups excluding carboxylic acids is 1. The molecule has 3 heterocycles. The van der Waals surface area contributed by atoms with Crippen LogP contribution in [0.25, 0.3) is 10.6 Å². The number of amides is 1. The lowest BCUT2D eigenvalue weighted by Crippen LogP contribution is -2.52. The summed E-state index contributed by atoms with van der Waals surface area (Å²) in [6, 6.07) is 2.65. The van der Waals surface area contributed by atoms with E-state index >= 15 is 0 Å². The van der Waals surface area contributed by atoms with Gasteiger partial charge in [-0.15, -0.1) is 11.3 Å². The van der Waals surface area contributed by atoms with E-state index in [-0.39, 0.29) is 18.8 Å². The third-order valence-electron chi connectivity index (χ3n) is 3.19. The van der Waals surface area contributed by atoms with Crippen LogP contribution in [-0.2, 0) is 9.53 Å². The monoisotopic (exact) mass is 308 g/mol. The lowest BCUT2D eigenvalue weighted by molar-refractivity contribution is -0.147. The maximum Gasteiger partial charge on any atom is 0.328 e. The van der Waals surface area contributed by atoms with Crippen molar-refractivity contribution in [2.24, 2.45) is 0 Å². The topological polar surface area (TPSA) is 92.9 Å². The summed E-state index contributed by atoms with van der Waals surface area (Å²) in [6.07, 6.45) is 1.19. The van der Waals surface area contributed by atoms with Crippen LogP contribution in [0.1, 0.15) is 10.5 Å². The number of hydrogen-bond donors (Lipinski definition) is 1. The summed E-state index contributed by atoms with van der Waals surface area (Å²) < 4.78 is 10.4. The quantitative estimate of drug-likeness (QED) is 0.919. The number of carboxylic acids is 1. The number of hydrogen-bond acceptors (Lipinski definition) is 6. The predicted octanol–water partition coefficient (Wildman–Crippen LogP) is 1.33. The van der Waals surface area contributed by atoms with Crippen LogP contribution in [0.5, 0.6) is 0 Å². The molecule has 0 saturated carbocycles. The SMILES string of the molecule is O=C(O)C1COCCN1C(=O)c1ncoc1-c1cccs1. The molecule has 1 N–H and O–H groups in total. The minimum Gasteiger partial charge on any atom is -0.480 e. The fourth-order valence-electron chi connectivity index (χ4n) is 2.17. The van der Waals surface area contributed by atoms with Gasteiger partial charge in [0.1, 0.15) is 0 Å². The van der Waals surface area contributed by atoms with Crippen LogP contribution in [-0.4, -0.2) is 52.7 Å². The molecule has 0 aliphatic carbocycles. The number of nitrogens with zero attached hydrogens (tertiary/aromatic N) is 2. The Kier molecular flexibility index (Phi) is 3.72. The summed E-state index contributed by atoms with van der Waals surface area (Å²) in [7, 11) is 0. The minimum atomic E-state index is -1.09. The van der Waals surface area contributed by atoms with Crippen molar-refractivity contribution in [3.8, 4) is 10.6 Å². The van der Waals surface area contributed by atoms with Crippen molar-refractivity contribution in [2.45, 2.75) is 6.04 Å². The van der Waals surface area contributed by atoms with Gasteiger partial charge >= 0.3 is 5.97 Å². The number of morpholine rings is 1. The molecule has 1 amide bonds. The molecule has 0 radical (unpaired) electrons. The van der Waals surface area contributed by atoms with E-state index in [9.17, 15) is 14.7 Å². The number of ether oxygens (including phenoxy) is 1. The molecule has 0 bridgehead atoms. The second-order valence-electron chi connectivity index (χ2n) is 4.43. The smallest absolute Gasteiger partial charge is 0.328 e. The van der Waals surface area contributed by atoms with Gasteiger partial charge in [0.05, 0.1) is 18.1 Å². The second-order valence-corrected chi connectivity index (χ2v) is 5.38. The van der Waals surface area contributed by atoms with Gasteiger partial charge in [0.25, 0.3) is 5.91 Å². The zero-order valence-electron chi connectivity index (χ0n) is 10.9. The minimum absolute atomic E-state index is 0.0206. The van der Waals surface area contributed by atoms with Crippen LogP contribution < -0.4 is 0 Å². The zero-order chi connectivity index (χ0) is 14.8. The number of carboxylic acid groups (broad SMARTS) is 1.